The third kappa shape index (κ3) is 16.4. The van der Waals surface area contributed by atoms with E-state index in [-0.39, 0.29) is 11.8 Å². The summed E-state index contributed by atoms with van der Waals surface area (Å²) in [6.07, 6.45) is 17.9. The summed E-state index contributed by atoms with van der Waals surface area (Å²) in [5, 5.41) is 11.0. The van der Waals surface area contributed by atoms with E-state index in [4.69, 9.17) is 14.2 Å². The molecule has 4 aromatic carbocycles. The lowest BCUT2D eigenvalue weighted by molar-refractivity contribution is -0.672. The number of anilines is 2. The standard InChI is InChI=1S/C31H39N3O3S.C29H35N3O2S/c1-3-36-22-23-37-21-11-18-32-30(35)16-5-4-10-19-34-20-17-25(26-12-6-7-13-27(26)34)24-31-33(2)28-14-8-9-15-29(28)38-31;1-3-34-21-11-18-30-28(33)16-5-4-10-19-32-20-17-23(24-12-6-7-13-25(24)32)22-29-31(2)26-14-8-9-15-27(26)35-29/h6-9,12-15,17,20,24H,3-5,10-11,16,18-19,21-23H2,1-2H3;6-9,12-15,17,20,22H,3-5,10-11,16,18-19,21H2,1-2H3/p+2. The number of amides is 2. The molecule has 386 valence electrons. The zero-order chi connectivity index (χ0) is 51.0. The van der Waals surface area contributed by atoms with Gasteiger partial charge >= 0.3 is 0 Å². The fourth-order valence-electron chi connectivity index (χ4n) is 9.00. The second-order valence-corrected chi connectivity index (χ2v) is 20.3. The number of fused-ring (bicyclic) bond motifs is 4. The number of ether oxygens (including phenoxy) is 3. The molecule has 13 heteroatoms. The predicted octanol–water partition coefficient (Wildman–Crippen LogP) is 11.6. The Morgan fingerprint density at radius 2 is 0.932 bits per heavy atom. The number of hydrogen-bond donors (Lipinski definition) is 2. The maximum atomic E-state index is 12.1. The third-order valence-corrected chi connectivity index (χ3v) is 15.3. The summed E-state index contributed by atoms with van der Waals surface area (Å²) in [5.74, 6) is 0.278. The first-order chi connectivity index (χ1) is 35.8. The summed E-state index contributed by atoms with van der Waals surface area (Å²) in [6, 6.07) is 38.8. The van der Waals surface area contributed by atoms with Gasteiger partial charge in [0.1, 0.15) is 13.1 Å². The lowest BCUT2D eigenvalue weighted by Crippen LogP contribution is -2.34. The summed E-state index contributed by atoms with van der Waals surface area (Å²) >= 11 is 3.64. The minimum absolute atomic E-state index is 0.131. The van der Waals surface area contributed by atoms with Crippen molar-refractivity contribution >= 4 is 80.7 Å². The molecule has 0 bridgehead atoms. The van der Waals surface area contributed by atoms with Crippen molar-refractivity contribution in [3.8, 4) is 0 Å². The summed E-state index contributed by atoms with van der Waals surface area (Å²) in [7, 11) is 4.27. The highest BCUT2D eigenvalue weighted by atomic mass is 32.2. The Morgan fingerprint density at radius 3 is 1.41 bits per heavy atom. The maximum absolute atomic E-state index is 12.1. The summed E-state index contributed by atoms with van der Waals surface area (Å²) in [6.45, 7) is 11.3. The van der Waals surface area contributed by atoms with Crippen molar-refractivity contribution in [3.05, 3.63) is 143 Å². The molecule has 0 aliphatic carbocycles. The summed E-state index contributed by atoms with van der Waals surface area (Å²) in [4.78, 5) is 31.2. The number of para-hydroxylation sites is 4. The molecule has 0 spiro atoms. The van der Waals surface area contributed by atoms with E-state index in [1.54, 1.807) is 0 Å². The van der Waals surface area contributed by atoms with Gasteiger partial charge in [0.15, 0.2) is 12.4 Å². The molecule has 2 aromatic heterocycles. The molecule has 2 aliphatic heterocycles. The van der Waals surface area contributed by atoms with Crippen molar-refractivity contribution in [3.63, 3.8) is 0 Å². The van der Waals surface area contributed by atoms with Crippen LogP contribution in [-0.4, -0.2) is 78.6 Å². The van der Waals surface area contributed by atoms with Gasteiger partial charge in [-0.15, -0.1) is 0 Å². The van der Waals surface area contributed by atoms with E-state index in [9.17, 15) is 9.59 Å². The van der Waals surface area contributed by atoms with Gasteiger partial charge in [0.05, 0.1) is 45.4 Å². The van der Waals surface area contributed by atoms with Crippen molar-refractivity contribution in [2.45, 2.75) is 101 Å². The molecule has 2 N–H and O–H groups in total. The third-order valence-electron chi connectivity index (χ3n) is 13.0. The van der Waals surface area contributed by atoms with Crippen molar-refractivity contribution < 1.29 is 32.9 Å². The van der Waals surface area contributed by atoms with Crippen LogP contribution >= 0.6 is 23.5 Å². The quantitative estimate of drug-likeness (QED) is 0.0386. The average Bonchev–Trinajstić information content (AvgIpc) is 3.91. The van der Waals surface area contributed by atoms with Gasteiger partial charge in [-0.3, -0.25) is 9.59 Å². The molecular weight excluding hydrogens is 949 g/mol. The maximum Gasteiger partial charge on any atom is 0.219 e. The SMILES string of the molecule is CCOCCCNC(=O)CCCCC[n+]1ccc(C=C2Sc3ccccc3N2C)c2ccccc21.CCOCCOCCCNC(=O)CCCCC[n+]1ccc(C=C2Sc3ccccc3N2C)c2ccccc21. The molecule has 2 aliphatic rings. The van der Waals surface area contributed by atoms with Crippen LogP contribution in [0.5, 0.6) is 0 Å². The van der Waals surface area contributed by atoms with Crippen molar-refractivity contribution in [2.75, 3.05) is 76.6 Å². The van der Waals surface area contributed by atoms with Crippen LogP contribution in [0, 0.1) is 0 Å². The molecule has 0 unspecified atom stereocenters. The van der Waals surface area contributed by atoms with Crippen LogP contribution in [0.1, 0.15) is 89.2 Å². The summed E-state index contributed by atoms with van der Waals surface area (Å²) < 4.78 is 20.7. The van der Waals surface area contributed by atoms with Crippen molar-refractivity contribution in [2.24, 2.45) is 0 Å². The number of thioether (sulfide) groups is 2. The minimum atomic E-state index is 0.131. The number of carbonyl (C=O) groups excluding carboxylic acids is 2. The van der Waals surface area contributed by atoms with Gasteiger partial charge in [-0.2, -0.15) is 9.13 Å². The lowest BCUT2D eigenvalue weighted by atomic mass is 10.1. The zero-order valence-electron chi connectivity index (χ0n) is 43.5. The molecule has 0 fully saturated rings. The van der Waals surface area contributed by atoms with Crippen LogP contribution in [0.2, 0.25) is 0 Å². The van der Waals surface area contributed by atoms with Crippen LogP contribution in [-0.2, 0) is 36.9 Å². The number of hydrogen-bond acceptors (Lipinski definition) is 9. The summed E-state index contributed by atoms with van der Waals surface area (Å²) in [5.41, 5.74) is 7.48. The number of aromatic nitrogens is 2. The van der Waals surface area contributed by atoms with Crippen LogP contribution in [0.3, 0.4) is 0 Å². The molecule has 0 radical (unpaired) electrons. The van der Waals surface area contributed by atoms with Gasteiger partial charge < -0.3 is 34.6 Å². The number of nitrogens with zero attached hydrogens (tertiary/aromatic N) is 4. The fraction of sp³-hybridized carbons (Fsp3) is 0.400. The monoisotopic (exact) mass is 1020 g/mol. The molecule has 11 nitrogen and oxygen atoms in total. The highest BCUT2D eigenvalue weighted by molar-refractivity contribution is 8.04. The number of aryl methyl sites for hydroxylation is 2. The van der Waals surface area contributed by atoms with E-state index in [1.807, 2.05) is 37.4 Å². The van der Waals surface area contributed by atoms with Gasteiger partial charge in [-0.05, 0) is 112 Å². The largest absolute Gasteiger partial charge is 0.382 e. The molecule has 0 saturated heterocycles. The lowest BCUT2D eigenvalue weighted by Gasteiger charge is -2.13. The Morgan fingerprint density at radius 1 is 0.507 bits per heavy atom. The van der Waals surface area contributed by atoms with Crippen molar-refractivity contribution in [1.82, 2.24) is 10.6 Å². The molecular formula is C60H76N6O5S2+2. The van der Waals surface area contributed by atoms with Crippen LogP contribution in [0.25, 0.3) is 34.0 Å². The van der Waals surface area contributed by atoms with E-state index in [0.29, 0.717) is 59.0 Å². The molecule has 73 heavy (non-hydrogen) atoms. The number of rotatable bonds is 27. The second kappa shape index (κ2) is 29.9. The first-order valence-corrected chi connectivity index (χ1v) is 28.0. The molecule has 2 amide bonds. The van der Waals surface area contributed by atoms with E-state index in [2.05, 4.69) is 177 Å². The second-order valence-electron chi connectivity index (χ2n) is 18.2. The van der Waals surface area contributed by atoms with Crippen LogP contribution < -0.4 is 29.6 Å². The first-order valence-electron chi connectivity index (χ1n) is 26.4. The highest BCUT2D eigenvalue weighted by Gasteiger charge is 2.24. The molecule has 8 rings (SSSR count). The first kappa shape index (κ1) is 55.1. The minimum Gasteiger partial charge on any atom is -0.382 e. The van der Waals surface area contributed by atoms with Crippen LogP contribution in [0.15, 0.2) is 141 Å². The number of pyridine rings is 2. The average molecular weight is 1030 g/mol. The van der Waals surface area contributed by atoms with E-state index in [1.165, 1.54) is 64.2 Å². The Bertz CT molecular complexity index is 2780. The molecule has 0 atom stereocenters. The number of unbranched alkanes of at least 4 members (excludes halogenated alkanes) is 4. The predicted molar refractivity (Wildman–Crippen MR) is 302 cm³/mol. The van der Waals surface area contributed by atoms with Gasteiger partial charge in [0.2, 0.25) is 22.8 Å². The van der Waals surface area contributed by atoms with E-state index < -0.39 is 0 Å². The Kier molecular flexibility index (Phi) is 22.5. The number of nitrogens with one attached hydrogen (secondary N) is 2. The normalized spacial score (nSPS) is 13.9. The topological polar surface area (TPSA) is 100 Å². The van der Waals surface area contributed by atoms with Crippen LogP contribution in [0.4, 0.5) is 11.4 Å². The fourth-order valence-corrected chi connectivity index (χ4v) is 11.2. The van der Waals surface area contributed by atoms with Gasteiger partial charge in [-0.1, -0.05) is 72.1 Å². The Hall–Kier alpha value is -5.70. The molecule has 4 heterocycles. The smallest absolute Gasteiger partial charge is 0.219 e. The van der Waals surface area contributed by atoms with Crippen molar-refractivity contribution in [1.29, 1.82) is 0 Å². The number of carbonyl (C=O) groups is 2. The number of benzene rings is 4. The Balaban J connectivity index is 0.000000214. The Labute approximate surface area is 442 Å². The van der Waals surface area contributed by atoms with Gasteiger partial charge in [-0.25, -0.2) is 0 Å². The highest BCUT2D eigenvalue weighted by Crippen LogP contribution is 2.46. The molecule has 6 aromatic rings. The van der Waals surface area contributed by atoms with E-state index >= 15 is 0 Å². The van der Waals surface area contributed by atoms with E-state index in [0.717, 1.165) is 71.1 Å². The molecule has 0 saturated carbocycles. The van der Waals surface area contributed by atoms with Gasteiger partial charge in [0, 0.05) is 113 Å². The van der Waals surface area contributed by atoms with Gasteiger partial charge in [0.25, 0.3) is 0 Å². The zero-order valence-corrected chi connectivity index (χ0v) is 45.1.